The van der Waals surface area contributed by atoms with Crippen LogP contribution in [0.25, 0.3) is 0 Å². The third-order valence-electron chi connectivity index (χ3n) is 8.97. The number of hydrogen-bond donors (Lipinski definition) is 2. The second-order valence-electron chi connectivity index (χ2n) is 12.4. The predicted molar refractivity (Wildman–Crippen MR) is 183 cm³/mol. The van der Waals surface area contributed by atoms with Gasteiger partial charge in [0.15, 0.2) is 37.4 Å². The molecule has 4 fully saturated rings. The van der Waals surface area contributed by atoms with Crippen LogP contribution in [0.15, 0.2) is 86.0 Å². The molecule has 0 radical (unpaired) electrons. The van der Waals surface area contributed by atoms with Crippen molar-refractivity contribution in [3.63, 3.8) is 0 Å². The largest absolute Gasteiger partial charge is 0.508 e. The molecule has 6 rings (SSSR count). The number of carbonyl (C=O) groups is 3. The van der Waals surface area contributed by atoms with Gasteiger partial charge in [-0.1, -0.05) is 72.8 Å². The molecule has 4 heterocycles. The molecule has 0 bridgehead atoms. The lowest BCUT2D eigenvalue weighted by Crippen LogP contribution is -2.71. The van der Waals surface area contributed by atoms with Gasteiger partial charge in [-0.3, -0.25) is 0 Å². The summed E-state index contributed by atoms with van der Waals surface area (Å²) in [6.45, 7) is 7.51. The van der Waals surface area contributed by atoms with Crippen molar-refractivity contribution in [2.24, 2.45) is 0 Å². The Kier molecular flexibility index (Phi) is 13.5. The second kappa shape index (κ2) is 18.6. The van der Waals surface area contributed by atoms with Crippen LogP contribution in [0.5, 0.6) is 0 Å². The predicted octanol–water partition coefficient (Wildman–Crippen LogP) is 3.41. The Morgan fingerprint density at radius 2 is 1.07 bits per heavy atom. The Balaban J connectivity index is 1.28. The summed E-state index contributed by atoms with van der Waals surface area (Å²) in [4.78, 5) is 39.5. The van der Waals surface area contributed by atoms with Crippen molar-refractivity contribution in [1.29, 1.82) is 0 Å². The fraction of sp³-hybridized carbons (Fsp3) is 0.486. The minimum atomic E-state index is -1.22. The Hall–Kier alpha value is -4.59. The molecular weight excluding hydrogens is 712 g/mol. The third kappa shape index (κ3) is 9.19. The van der Waals surface area contributed by atoms with Gasteiger partial charge in [-0.05, 0) is 0 Å². The van der Waals surface area contributed by atoms with E-state index in [1.54, 1.807) is 0 Å². The number of methoxy groups -OCH3 is 2. The van der Waals surface area contributed by atoms with Gasteiger partial charge in [-0.2, -0.15) is 0 Å². The van der Waals surface area contributed by atoms with Crippen LogP contribution in [0.2, 0.25) is 0 Å². The van der Waals surface area contributed by atoms with Crippen molar-refractivity contribution >= 4 is 18.3 Å². The average molecular weight is 757 g/mol. The first-order valence-corrected chi connectivity index (χ1v) is 17.3. The standard InChI is InChI=1S/C37H44N2O15/c1-5-17-45-33-25(29(53-36(41)43-3)27-23(49-33)19-47-31(51-27)21-13-9-7-10-14-21)38-35(40)39-26-30(54-37(42)44-4)28-24(50-34(26)46-18-6-2)20-48-32(52-28)22-15-11-8-12-16-22/h5-16,23-34H,1-2,17-20H2,3-4H3,(H2,38,39,40)/t23-,24-,25-,26-,27-,28-,29-,30-,31-,32-,33+,34+/m1/s1. The Morgan fingerprint density at radius 3 is 1.44 bits per heavy atom. The van der Waals surface area contributed by atoms with Gasteiger partial charge in [0, 0.05) is 11.1 Å². The minimum absolute atomic E-state index is 0.00911. The van der Waals surface area contributed by atoms with Gasteiger partial charge in [-0.15, -0.1) is 13.2 Å². The summed E-state index contributed by atoms with van der Waals surface area (Å²) in [5.74, 6) is 0. The summed E-state index contributed by atoms with van der Waals surface area (Å²) in [6, 6.07) is 15.1. The molecule has 2 N–H and O–H groups in total. The Morgan fingerprint density at radius 1 is 0.667 bits per heavy atom. The van der Waals surface area contributed by atoms with E-state index in [1.807, 2.05) is 60.7 Å². The monoisotopic (exact) mass is 756 g/mol. The molecule has 54 heavy (non-hydrogen) atoms. The topological polar surface area (TPSA) is 186 Å². The van der Waals surface area contributed by atoms with Crippen LogP contribution >= 0.6 is 0 Å². The van der Waals surface area contributed by atoms with Crippen LogP contribution in [0.1, 0.15) is 23.7 Å². The van der Waals surface area contributed by atoms with Gasteiger partial charge in [0.1, 0.15) is 36.5 Å². The number of carbonyl (C=O) groups excluding carboxylic acids is 3. The fourth-order valence-corrected chi connectivity index (χ4v) is 6.56. The molecule has 0 spiro atoms. The lowest BCUT2D eigenvalue weighted by Gasteiger charge is -2.49. The number of rotatable bonds is 12. The molecule has 0 unspecified atom stereocenters. The number of amides is 2. The van der Waals surface area contributed by atoms with Crippen LogP contribution < -0.4 is 10.6 Å². The van der Waals surface area contributed by atoms with Crippen molar-refractivity contribution in [3.05, 3.63) is 97.1 Å². The maximum Gasteiger partial charge on any atom is 0.508 e. The normalized spacial score (nSPS) is 33.1. The molecule has 17 nitrogen and oxygen atoms in total. The molecular formula is C37H44N2O15. The minimum Gasteiger partial charge on any atom is -0.438 e. The zero-order valence-corrected chi connectivity index (χ0v) is 29.7. The molecule has 4 saturated heterocycles. The molecule has 2 aromatic carbocycles. The van der Waals surface area contributed by atoms with Gasteiger partial charge in [0.25, 0.3) is 0 Å². The van der Waals surface area contributed by atoms with Crippen molar-refractivity contribution in [3.8, 4) is 0 Å². The van der Waals surface area contributed by atoms with Gasteiger partial charge in [0.2, 0.25) is 0 Å². The van der Waals surface area contributed by atoms with Crippen LogP contribution in [0, 0.1) is 0 Å². The molecule has 292 valence electrons. The highest BCUT2D eigenvalue weighted by molar-refractivity contribution is 5.75. The van der Waals surface area contributed by atoms with E-state index in [9.17, 15) is 14.4 Å². The molecule has 12 atom stereocenters. The van der Waals surface area contributed by atoms with E-state index in [2.05, 4.69) is 23.8 Å². The maximum absolute atomic E-state index is 14.2. The second-order valence-corrected chi connectivity index (χ2v) is 12.4. The molecule has 4 aliphatic heterocycles. The van der Waals surface area contributed by atoms with Crippen molar-refractivity contribution < 1.29 is 71.2 Å². The number of nitrogens with one attached hydrogen (secondary N) is 2. The van der Waals surface area contributed by atoms with Crippen LogP contribution in [0.3, 0.4) is 0 Å². The molecule has 0 aliphatic carbocycles. The van der Waals surface area contributed by atoms with Crippen LogP contribution in [0.4, 0.5) is 14.4 Å². The van der Waals surface area contributed by atoms with E-state index in [-0.39, 0.29) is 26.4 Å². The zero-order chi connectivity index (χ0) is 38.0. The summed E-state index contributed by atoms with van der Waals surface area (Å²) in [6.07, 6.45) is -9.10. The third-order valence-corrected chi connectivity index (χ3v) is 8.97. The number of benzene rings is 2. The molecule has 2 aromatic rings. The molecule has 0 saturated carbocycles. The van der Waals surface area contributed by atoms with E-state index >= 15 is 0 Å². The summed E-state index contributed by atoms with van der Waals surface area (Å²) >= 11 is 0. The molecule has 17 heteroatoms. The lowest BCUT2D eigenvalue weighted by atomic mass is 9.94. The zero-order valence-electron chi connectivity index (χ0n) is 29.7. The van der Waals surface area contributed by atoms with Gasteiger partial charge < -0.3 is 67.5 Å². The maximum atomic E-state index is 14.2. The average Bonchev–Trinajstić information content (AvgIpc) is 3.21. The highest BCUT2D eigenvalue weighted by Gasteiger charge is 2.55. The first kappa shape index (κ1) is 39.1. The van der Waals surface area contributed by atoms with Crippen molar-refractivity contribution in [1.82, 2.24) is 10.6 Å². The highest BCUT2D eigenvalue weighted by Crippen LogP contribution is 2.38. The van der Waals surface area contributed by atoms with Crippen LogP contribution in [-0.4, -0.2) is 120 Å². The van der Waals surface area contributed by atoms with Crippen molar-refractivity contribution in [2.45, 2.75) is 73.9 Å². The number of fused-ring (bicyclic) bond motifs is 2. The number of urea groups is 1. The number of hydrogen-bond acceptors (Lipinski definition) is 15. The van der Waals surface area contributed by atoms with Gasteiger partial charge in [-0.25, -0.2) is 14.4 Å². The number of ether oxygens (including phenoxy) is 12. The molecule has 2 amide bonds. The SMILES string of the molecule is C=CCO[C@H]1O[C@@H]2CO[C@@H](c3ccccc3)O[C@H]2[C@H](OC(=O)OC)[C@H]1NC(=O)N[C@H]1[C@@H](OCC=C)O[C@@H]2CO[C@@H](c3ccccc3)O[C@H]2[C@@H]1OC(=O)OC. The molecule has 0 aromatic heterocycles. The summed E-state index contributed by atoms with van der Waals surface area (Å²) < 4.78 is 70.0. The summed E-state index contributed by atoms with van der Waals surface area (Å²) in [7, 11) is 2.30. The summed E-state index contributed by atoms with van der Waals surface area (Å²) in [5.41, 5.74) is 1.42. The van der Waals surface area contributed by atoms with E-state index < -0.39 is 92.2 Å². The van der Waals surface area contributed by atoms with Gasteiger partial charge in [0.05, 0.1) is 40.6 Å². The van der Waals surface area contributed by atoms with E-state index in [1.165, 1.54) is 12.2 Å². The Labute approximate surface area is 311 Å². The van der Waals surface area contributed by atoms with Crippen molar-refractivity contribution in [2.75, 3.05) is 40.6 Å². The summed E-state index contributed by atoms with van der Waals surface area (Å²) in [5, 5.41) is 5.61. The van der Waals surface area contributed by atoms with E-state index in [0.29, 0.717) is 11.1 Å². The lowest BCUT2D eigenvalue weighted by molar-refractivity contribution is -0.344. The quantitative estimate of drug-likeness (QED) is 0.237. The molecule has 4 aliphatic rings. The first-order valence-electron chi connectivity index (χ1n) is 17.3. The van der Waals surface area contributed by atoms with E-state index in [4.69, 9.17) is 56.8 Å². The van der Waals surface area contributed by atoms with Gasteiger partial charge >= 0.3 is 18.3 Å². The van der Waals surface area contributed by atoms with E-state index in [0.717, 1.165) is 14.2 Å². The highest BCUT2D eigenvalue weighted by atomic mass is 16.8. The van der Waals surface area contributed by atoms with Crippen LogP contribution in [-0.2, 0) is 56.8 Å². The Bertz CT molecular complexity index is 1450. The smallest absolute Gasteiger partial charge is 0.438 e. The fourth-order valence-electron chi connectivity index (χ4n) is 6.56. The first-order chi connectivity index (χ1) is 26.3.